The first-order valence-corrected chi connectivity index (χ1v) is 13.2. The van der Waals surface area contributed by atoms with Crippen LogP contribution in [0.5, 0.6) is 5.75 Å². The van der Waals surface area contributed by atoms with E-state index in [2.05, 4.69) is 38.4 Å². The summed E-state index contributed by atoms with van der Waals surface area (Å²) in [5.41, 5.74) is 2.25. The number of fused-ring (bicyclic) bond motifs is 1. The van der Waals surface area contributed by atoms with Gasteiger partial charge in [-0.3, -0.25) is 4.98 Å². The van der Waals surface area contributed by atoms with Crippen LogP contribution in [0.15, 0.2) is 59.9 Å². The lowest BCUT2D eigenvalue weighted by atomic mass is 9.81. The van der Waals surface area contributed by atoms with Gasteiger partial charge in [0.2, 0.25) is 0 Å². The second-order valence-electron chi connectivity index (χ2n) is 9.01. The molecule has 0 spiro atoms. The second-order valence-corrected chi connectivity index (χ2v) is 10.1. The summed E-state index contributed by atoms with van der Waals surface area (Å²) in [5, 5.41) is 15.9. The lowest BCUT2D eigenvalue weighted by Gasteiger charge is -2.38. The summed E-state index contributed by atoms with van der Waals surface area (Å²) < 4.78 is 5.45. The van der Waals surface area contributed by atoms with E-state index in [1.807, 2.05) is 43.7 Å². The van der Waals surface area contributed by atoms with Crippen molar-refractivity contribution in [2.45, 2.75) is 30.3 Å². The summed E-state index contributed by atoms with van der Waals surface area (Å²) in [6.07, 6.45) is 7.01. The maximum absolute atomic E-state index is 10.1. The molecule has 0 amide bonds. The summed E-state index contributed by atoms with van der Waals surface area (Å²) in [4.78, 5) is 11.4. The first-order chi connectivity index (χ1) is 16.7. The van der Waals surface area contributed by atoms with E-state index in [-0.39, 0.29) is 12.6 Å². The van der Waals surface area contributed by atoms with Crippen molar-refractivity contribution in [2.24, 2.45) is 11.8 Å². The van der Waals surface area contributed by atoms with Crippen LogP contribution in [-0.4, -0.2) is 66.1 Å². The summed E-state index contributed by atoms with van der Waals surface area (Å²) >= 11 is 1.80. The number of thioether (sulfide) groups is 1. The number of aromatic nitrogens is 2. The van der Waals surface area contributed by atoms with E-state index in [4.69, 9.17) is 4.74 Å². The van der Waals surface area contributed by atoms with Crippen LogP contribution in [0.2, 0.25) is 0 Å². The molecule has 1 aliphatic heterocycles. The molecule has 3 aromatic rings. The van der Waals surface area contributed by atoms with Crippen molar-refractivity contribution in [1.29, 1.82) is 0 Å². The summed E-state index contributed by atoms with van der Waals surface area (Å²) in [7, 11) is 3.73. The number of hydrogen-bond acceptors (Lipinski definition) is 7. The molecule has 2 N–H and O–H groups in total. The number of rotatable bonds is 11. The van der Waals surface area contributed by atoms with Crippen LogP contribution in [0, 0.1) is 11.8 Å². The van der Waals surface area contributed by atoms with Gasteiger partial charge in [-0.25, -0.2) is 4.98 Å². The zero-order valence-electron chi connectivity index (χ0n) is 20.2. The Hall–Kier alpha value is -2.19. The van der Waals surface area contributed by atoms with E-state index in [0.29, 0.717) is 11.8 Å². The number of hydrogen-bond donors (Lipinski definition) is 2. The van der Waals surface area contributed by atoms with Crippen LogP contribution in [0.1, 0.15) is 30.9 Å². The van der Waals surface area contributed by atoms with Crippen molar-refractivity contribution in [3.05, 3.63) is 60.4 Å². The van der Waals surface area contributed by atoms with E-state index in [0.717, 1.165) is 66.3 Å². The minimum atomic E-state index is 0.241. The van der Waals surface area contributed by atoms with E-state index in [9.17, 15) is 5.11 Å². The number of piperidine rings is 1. The second kappa shape index (κ2) is 12.5. The molecule has 0 aliphatic carbocycles. The van der Waals surface area contributed by atoms with Gasteiger partial charge in [-0.15, -0.1) is 11.8 Å². The fourth-order valence-electron chi connectivity index (χ4n) is 5.07. The Bertz CT molecular complexity index is 1040. The van der Waals surface area contributed by atoms with Gasteiger partial charge < -0.3 is 20.1 Å². The number of aliphatic hydroxyl groups is 1. The summed E-state index contributed by atoms with van der Waals surface area (Å²) in [6.45, 7) is 3.37. The average Bonchev–Trinajstić information content (AvgIpc) is 2.89. The molecule has 0 unspecified atom stereocenters. The smallest absolute Gasteiger partial charge is 0.119 e. The third kappa shape index (κ3) is 6.27. The van der Waals surface area contributed by atoms with Crippen molar-refractivity contribution in [3.8, 4) is 5.75 Å². The number of likely N-dealkylation sites (tertiary alicyclic amines) is 1. The van der Waals surface area contributed by atoms with Crippen molar-refractivity contribution < 1.29 is 9.84 Å². The molecule has 0 saturated carbocycles. The Morgan fingerprint density at radius 3 is 2.85 bits per heavy atom. The SMILES string of the molecule is CN[C@@H](CC[C@@H]1CCN(CCSc2ccccn2)C[C@@H]1CO)c1ccnc2ccc(OC)cc12. The lowest BCUT2D eigenvalue weighted by Crippen LogP contribution is -2.43. The normalized spacial score (nSPS) is 19.9. The lowest BCUT2D eigenvalue weighted by molar-refractivity contribution is 0.0696. The van der Waals surface area contributed by atoms with Gasteiger partial charge in [0, 0.05) is 49.3 Å². The van der Waals surface area contributed by atoms with Gasteiger partial charge in [-0.05, 0) is 86.7 Å². The van der Waals surface area contributed by atoms with Crippen LogP contribution in [-0.2, 0) is 0 Å². The largest absolute Gasteiger partial charge is 0.497 e. The topological polar surface area (TPSA) is 70.5 Å². The van der Waals surface area contributed by atoms with Gasteiger partial charge >= 0.3 is 0 Å². The molecule has 1 aromatic carbocycles. The molecular formula is C27H36N4O2S. The zero-order valence-corrected chi connectivity index (χ0v) is 21.0. The Balaban J connectivity index is 1.33. The highest BCUT2D eigenvalue weighted by Crippen LogP contribution is 2.33. The molecule has 2 aromatic heterocycles. The van der Waals surface area contributed by atoms with Crippen molar-refractivity contribution in [2.75, 3.05) is 46.2 Å². The Morgan fingerprint density at radius 1 is 1.18 bits per heavy atom. The van der Waals surface area contributed by atoms with Crippen LogP contribution in [0.4, 0.5) is 0 Å². The maximum atomic E-state index is 10.1. The molecule has 0 radical (unpaired) electrons. The van der Waals surface area contributed by atoms with Gasteiger partial charge in [0.25, 0.3) is 0 Å². The van der Waals surface area contributed by atoms with Gasteiger partial charge in [-0.2, -0.15) is 0 Å². The van der Waals surface area contributed by atoms with Crippen molar-refractivity contribution >= 4 is 22.7 Å². The number of aliphatic hydroxyl groups excluding tert-OH is 1. The minimum absolute atomic E-state index is 0.241. The van der Waals surface area contributed by atoms with Gasteiger partial charge in [0.15, 0.2) is 0 Å². The highest BCUT2D eigenvalue weighted by molar-refractivity contribution is 7.99. The molecule has 34 heavy (non-hydrogen) atoms. The van der Waals surface area contributed by atoms with Crippen LogP contribution in [0.3, 0.4) is 0 Å². The number of benzene rings is 1. The monoisotopic (exact) mass is 480 g/mol. The quantitative estimate of drug-likeness (QED) is 0.394. The molecule has 1 saturated heterocycles. The minimum Gasteiger partial charge on any atom is -0.497 e. The molecule has 0 bridgehead atoms. The van der Waals surface area contributed by atoms with Gasteiger partial charge in [0.1, 0.15) is 5.75 Å². The number of nitrogens with zero attached hydrogens (tertiary/aromatic N) is 3. The van der Waals surface area contributed by atoms with Crippen molar-refractivity contribution in [3.63, 3.8) is 0 Å². The molecular weight excluding hydrogens is 444 g/mol. The van der Waals surface area contributed by atoms with Crippen LogP contribution < -0.4 is 10.1 Å². The number of pyridine rings is 2. The number of ether oxygens (including phenoxy) is 1. The van der Waals surface area contributed by atoms with Crippen LogP contribution >= 0.6 is 11.8 Å². The molecule has 4 rings (SSSR count). The Labute approximate surface area is 207 Å². The fraction of sp³-hybridized carbons (Fsp3) is 0.481. The highest BCUT2D eigenvalue weighted by Gasteiger charge is 2.29. The Kier molecular flexibility index (Phi) is 9.16. The third-order valence-electron chi connectivity index (χ3n) is 7.04. The zero-order chi connectivity index (χ0) is 23.8. The van der Waals surface area contributed by atoms with Crippen LogP contribution in [0.25, 0.3) is 10.9 Å². The van der Waals surface area contributed by atoms with E-state index in [1.54, 1.807) is 18.9 Å². The van der Waals surface area contributed by atoms with Gasteiger partial charge in [0.05, 0.1) is 17.7 Å². The number of nitrogens with one attached hydrogen (secondary N) is 1. The molecule has 1 aliphatic rings. The predicted molar refractivity (Wildman–Crippen MR) is 139 cm³/mol. The number of methoxy groups -OCH3 is 1. The first-order valence-electron chi connectivity index (χ1n) is 12.2. The predicted octanol–water partition coefficient (Wildman–Crippen LogP) is 4.40. The van der Waals surface area contributed by atoms with Crippen molar-refractivity contribution in [1.82, 2.24) is 20.2 Å². The third-order valence-corrected chi connectivity index (χ3v) is 7.96. The Morgan fingerprint density at radius 2 is 2.09 bits per heavy atom. The van der Waals surface area contributed by atoms with E-state index < -0.39 is 0 Å². The highest BCUT2D eigenvalue weighted by atomic mass is 32.2. The van der Waals surface area contributed by atoms with E-state index >= 15 is 0 Å². The molecule has 1 fully saturated rings. The molecule has 3 atom stereocenters. The van der Waals surface area contributed by atoms with E-state index in [1.165, 1.54) is 5.56 Å². The maximum Gasteiger partial charge on any atom is 0.119 e. The first kappa shape index (κ1) is 24.9. The standard InChI is InChI=1S/C27H36N4O2S/c1-28-25(23-10-13-29-26-9-7-22(33-2)17-24(23)26)8-6-20-11-14-31(18-21(20)19-32)15-16-34-27-5-3-4-12-30-27/h3-5,7,9-10,12-13,17,20-21,25,28,32H,6,8,11,14-16,18-19H2,1-2H3/t20-,21-,25+/m1/s1. The molecule has 182 valence electrons. The summed E-state index contributed by atoms with van der Waals surface area (Å²) in [6, 6.07) is 14.5. The molecule has 7 heteroatoms. The average molecular weight is 481 g/mol. The molecule has 6 nitrogen and oxygen atoms in total. The summed E-state index contributed by atoms with van der Waals surface area (Å²) in [5.74, 6) is 2.76. The fourth-order valence-corrected chi connectivity index (χ4v) is 5.94. The molecule has 3 heterocycles. The van der Waals surface area contributed by atoms with Gasteiger partial charge in [-0.1, -0.05) is 6.07 Å².